The van der Waals surface area contributed by atoms with Gasteiger partial charge in [0.05, 0.1) is 6.54 Å². The van der Waals surface area contributed by atoms with Crippen molar-refractivity contribution in [2.75, 3.05) is 13.1 Å². The number of nitrogens with zero attached hydrogens (tertiary/aromatic N) is 3. The van der Waals surface area contributed by atoms with Gasteiger partial charge in [-0.1, -0.05) is 36.4 Å². The molecule has 0 saturated carbocycles. The molecule has 0 fully saturated rings. The fourth-order valence-electron chi connectivity index (χ4n) is 3.81. The van der Waals surface area contributed by atoms with Crippen LogP contribution in [-0.4, -0.2) is 45.5 Å². The summed E-state index contributed by atoms with van der Waals surface area (Å²) >= 11 is 0. The largest absolute Gasteiger partial charge is 0.350 e. The summed E-state index contributed by atoms with van der Waals surface area (Å²) in [4.78, 5) is 39.5. The van der Waals surface area contributed by atoms with E-state index >= 15 is 0 Å². The summed E-state index contributed by atoms with van der Waals surface area (Å²) in [5.41, 5.74) is 3.39. The number of nitrogens with one attached hydrogen (secondary N) is 2. The molecule has 1 aromatic heterocycles. The summed E-state index contributed by atoms with van der Waals surface area (Å²) in [5.74, 6) is -1.45. The zero-order valence-electron chi connectivity index (χ0n) is 18.9. The van der Waals surface area contributed by atoms with Gasteiger partial charge in [-0.2, -0.15) is 5.10 Å². The topological polar surface area (TPSA) is 96.3 Å². The third kappa shape index (κ3) is 5.48. The molecule has 9 heteroatoms. The summed E-state index contributed by atoms with van der Waals surface area (Å²) in [5, 5.41) is 9.48. The van der Waals surface area contributed by atoms with Crippen LogP contribution in [0.5, 0.6) is 0 Å². The fraction of sp³-hybridized carbons (Fsp3) is 0.280. The number of hydrogen-bond acceptors (Lipinski definition) is 4. The van der Waals surface area contributed by atoms with Gasteiger partial charge in [0.25, 0.3) is 11.8 Å². The van der Waals surface area contributed by atoms with Crippen molar-refractivity contribution in [3.05, 3.63) is 88.5 Å². The summed E-state index contributed by atoms with van der Waals surface area (Å²) in [6.07, 6.45) is 0.721. The molecule has 8 nitrogen and oxygen atoms in total. The number of hydrogen-bond donors (Lipinski definition) is 2. The maximum absolute atomic E-state index is 13.1. The van der Waals surface area contributed by atoms with Crippen LogP contribution < -0.4 is 10.6 Å². The molecule has 176 valence electrons. The van der Waals surface area contributed by atoms with Gasteiger partial charge < -0.3 is 15.5 Å². The highest BCUT2D eigenvalue weighted by atomic mass is 19.1. The molecule has 0 aliphatic carbocycles. The molecule has 3 amide bonds. The van der Waals surface area contributed by atoms with Gasteiger partial charge in [-0.3, -0.25) is 19.1 Å². The minimum Gasteiger partial charge on any atom is -0.350 e. The number of rotatable bonds is 7. The van der Waals surface area contributed by atoms with Gasteiger partial charge in [0.2, 0.25) is 5.91 Å². The molecular formula is C25H26FN5O3. The third-order valence-electron chi connectivity index (χ3n) is 5.75. The average Bonchev–Trinajstić information content (AvgIpc) is 3.20. The van der Waals surface area contributed by atoms with E-state index in [2.05, 4.69) is 15.7 Å². The van der Waals surface area contributed by atoms with E-state index in [0.29, 0.717) is 25.3 Å². The highest BCUT2D eigenvalue weighted by Crippen LogP contribution is 2.18. The number of amides is 3. The number of aryl methyl sites for hydroxylation is 2. The molecular weight excluding hydrogens is 437 g/mol. The number of carbonyl (C=O) groups excluding carboxylic acids is 3. The Morgan fingerprint density at radius 1 is 1.06 bits per heavy atom. The lowest BCUT2D eigenvalue weighted by molar-refractivity contribution is -0.120. The van der Waals surface area contributed by atoms with Crippen molar-refractivity contribution in [2.24, 2.45) is 0 Å². The summed E-state index contributed by atoms with van der Waals surface area (Å²) in [6.45, 7) is 3.62. The first-order valence-electron chi connectivity index (χ1n) is 11.1. The van der Waals surface area contributed by atoms with E-state index in [9.17, 15) is 18.8 Å². The molecule has 0 radical (unpaired) electrons. The van der Waals surface area contributed by atoms with E-state index in [-0.39, 0.29) is 36.4 Å². The molecule has 2 N–H and O–H groups in total. The summed E-state index contributed by atoms with van der Waals surface area (Å²) < 4.78 is 14.5. The summed E-state index contributed by atoms with van der Waals surface area (Å²) in [7, 11) is 0. The zero-order valence-corrected chi connectivity index (χ0v) is 18.9. The Labute approximate surface area is 196 Å². The van der Waals surface area contributed by atoms with Gasteiger partial charge in [0.15, 0.2) is 5.69 Å². The van der Waals surface area contributed by atoms with Gasteiger partial charge in [-0.15, -0.1) is 0 Å². The van der Waals surface area contributed by atoms with Crippen LogP contribution in [0.3, 0.4) is 0 Å². The number of aromatic nitrogens is 2. The van der Waals surface area contributed by atoms with E-state index in [1.807, 2.05) is 31.2 Å². The van der Waals surface area contributed by atoms with Gasteiger partial charge in [-0.05, 0) is 42.2 Å². The normalized spacial score (nSPS) is 13.2. The minimum atomic E-state index is -0.532. The van der Waals surface area contributed by atoms with Gasteiger partial charge in [0, 0.05) is 32.2 Å². The minimum absolute atomic E-state index is 0.0902. The SMILES string of the molecule is Cc1ccccc1CN1CCCn2nc(C(=O)NCC(=O)NCc3ccc(F)cc3)cc2C1=O. The van der Waals surface area contributed by atoms with E-state index in [1.54, 1.807) is 21.7 Å². The Hall–Kier alpha value is -4.01. The Morgan fingerprint density at radius 3 is 2.59 bits per heavy atom. The van der Waals surface area contributed by atoms with Crippen molar-refractivity contribution in [1.29, 1.82) is 0 Å². The zero-order chi connectivity index (χ0) is 24.1. The molecule has 0 atom stereocenters. The van der Waals surface area contributed by atoms with Crippen molar-refractivity contribution in [3.63, 3.8) is 0 Å². The highest BCUT2D eigenvalue weighted by Gasteiger charge is 2.26. The predicted octanol–water partition coefficient (Wildman–Crippen LogP) is 2.42. The first kappa shape index (κ1) is 23.2. The molecule has 2 heterocycles. The van der Waals surface area contributed by atoms with Gasteiger partial charge in [-0.25, -0.2) is 4.39 Å². The molecule has 0 bridgehead atoms. The van der Waals surface area contributed by atoms with Crippen LogP contribution in [0.2, 0.25) is 0 Å². The monoisotopic (exact) mass is 463 g/mol. The Balaban J connectivity index is 1.35. The first-order valence-corrected chi connectivity index (χ1v) is 11.1. The number of fused-ring (bicyclic) bond motifs is 1. The molecule has 0 spiro atoms. The third-order valence-corrected chi connectivity index (χ3v) is 5.75. The van der Waals surface area contributed by atoms with Crippen LogP contribution in [0.25, 0.3) is 0 Å². The van der Waals surface area contributed by atoms with E-state index < -0.39 is 5.91 Å². The molecule has 4 rings (SSSR count). The highest BCUT2D eigenvalue weighted by molar-refractivity contribution is 5.99. The lowest BCUT2D eigenvalue weighted by Gasteiger charge is -2.21. The van der Waals surface area contributed by atoms with Crippen LogP contribution in [0, 0.1) is 12.7 Å². The molecule has 2 aromatic carbocycles. The van der Waals surface area contributed by atoms with E-state index in [0.717, 1.165) is 23.1 Å². The van der Waals surface area contributed by atoms with Crippen LogP contribution in [0.1, 0.15) is 44.1 Å². The molecule has 3 aromatic rings. The van der Waals surface area contributed by atoms with Gasteiger partial charge in [0.1, 0.15) is 11.5 Å². The Morgan fingerprint density at radius 2 is 1.82 bits per heavy atom. The second kappa shape index (κ2) is 10.3. The predicted molar refractivity (Wildman–Crippen MR) is 123 cm³/mol. The molecule has 1 aliphatic heterocycles. The molecule has 34 heavy (non-hydrogen) atoms. The number of carbonyl (C=O) groups is 3. The van der Waals surface area contributed by atoms with E-state index in [4.69, 9.17) is 0 Å². The first-order chi connectivity index (χ1) is 16.4. The van der Waals surface area contributed by atoms with Crippen LogP contribution in [0.4, 0.5) is 4.39 Å². The van der Waals surface area contributed by atoms with Crippen molar-refractivity contribution in [2.45, 2.75) is 33.0 Å². The van der Waals surface area contributed by atoms with Crippen LogP contribution >= 0.6 is 0 Å². The lowest BCUT2D eigenvalue weighted by atomic mass is 10.1. The van der Waals surface area contributed by atoms with Crippen molar-refractivity contribution in [1.82, 2.24) is 25.3 Å². The Kier molecular flexibility index (Phi) is 7.01. The average molecular weight is 464 g/mol. The van der Waals surface area contributed by atoms with Crippen molar-refractivity contribution < 1.29 is 18.8 Å². The van der Waals surface area contributed by atoms with E-state index in [1.165, 1.54) is 18.2 Å². The number of halogens is 1. The second-order valence-corrected chi connectivity index (χ2v) is 8.23. The molecule has 1 aliphatic rings. The maximum atomic E-state index is 13.1. The van der Waals surface area contributed by atoms with Crippen LogP contribution in [-0.2, 0) is 24.4 Å². The maximum Gasteiger partial charge on any atom is 0.272 e. The second-order valence-electron chi connectivity index (χ2n) is 8.23. The van der Waals surface area contributed by atoms with Crippen LogP contribution in [0.15, 0.2) is 54.6 Å². The summed E-state index contributed by atoms with van der Waals surface area (Å²) in [6, 6.07) is 15.2. The molecule has 0 unspecified atom stereocenters. The standard InChI is InChI=1S/C25H26FN5O3/c1-17-5-2-3-6-19(17)16-30-11-4-12-31-22(25(30)34)13-21(29-31)24(33)28-15-23(32)27-14-18-7-9-20(26)10-8-18/h2-3,5-10,13H,4,11-12,14-16H2,1H3,(H,27,32)(H,28,33). The van der Waals surface area contributed by atoms with Crippen molar-refractivity contribution >= 4 is 17.7 Å². The smallest absolute Gasteiger partial charge is 0.272 e. The Bertz CT molecular complexity index is 1210. The quantitative estimate of drug-likeness (QED) is 0.563. The van der Waals surface area contributed by atoms with Gasteiger partial charge >= 0.3 is 0 Å². The lowest BCUT2D eigenvalue weighted by Crippen LogP contribution is -2.36. The molecule has 0 saturated heterocycles. The van der Waals surface area contributed by atoms with Crippen molar-refractivity contribution in [3.8, 4) is 0 Å². The number of benzene rings is 2. The fourth-order valence-corrected chi connectivity index (χ4v) is 3.81.